The zero-order chi connectivity index (χ0) is 21.7. The minimum absolute atomic E-state index is 0.0738. The van der Waals surface area contributed by atoms with Gasteiger partial charge in [0.1, 0.15) is 6.04 Å². The normalized spacial score (nSPS) is 14.1. The first-order chi connectivity index (χ1) is 14.3. The first-order valence-corrected chi connectivity index (χ1v) is 10.5. The third-order valence-electron chi connectivity index (χ3n) is 4.95. The number of nitrogens with one attached hydrogen (secondary N) is 3. The fourth-order valence-corrected chi connectivity index (χ4v) is 3.19. The van der Waals surface area contributed by atoms with Crippen molar-refractivity contribution in [1.29, 1.82) is 0 Å². The fourth-order valence-electron chi connectivity index (χ4n) is 2.97. The first kappa shape index (κ1) is 21.8. The molecule has 0 aromatic heterocycles. The highest BCUT2D eigenvalue weighted by Gasteiger charge is 2.25. The van der Waals surface area contributed by atoms with Crippen LogP contribution in [0, 0.1) is 5.92 Å². The van der Waals surface area contributed by atoms with E-state index in [1.807, 2.05) is 26.0 Å². The maximum absolute atomic E-state index is 12.7. The molecule has 3 N–H and O–H groups in total. The maximum atomic E-state index is 12.7. The lowest BCUT2D eigenvalue weighted by atomic mass is 10.0. The Morgan fingerprint density at radius 3 is 2.27 bits per heavy atom. The summed E-state index contributed by atoms with van der Waals surface area (Å²) >= 11 is 6.08. The molecule has 0 saturated heterocycles. The lowest BCUT2D eigenvalue weighted by Crippen LogP contribution is -2.49. The molecule has 30 heavy (non-hydrogen) atoms. The highest BCUT2D eigenvalue weighted by Crippen LogP contribution is 2.19. The third kappa shape index (κ3) is 5.83. The van der Waals surface area contributed by atoms with Crippen LogP contribution in [0.25, 0.3) is 0 Å². The van der Waals surface area contributed by atoms with E-state index >= 15 is 0 Å². The molecule has 0 aliphatic heterocycles. The number of hydrogen-bond donors (Lipinski definition) is 3. The molecule has 1 fully saturated rings. The summed E-state index contributed by atoms with van der Waals surface area (Å²) in [5.74, 6) is -0.846. The number of amides is 3. The average molecular weight is 428 g/mol. The van der Waals surface area contributed by atoms with Crippen molar-refractivity contribution in [2.75, 3.05) is 0 Å². The molecular weight excluding hydrogens is 402 g/mol. The molecule has 0 spiro atoms. The van der Waals surface area contributed by atoms with E-state index in [1.54, 1.807) is 36.4 Å². The van der Waals surface area contributed by atoms with Crippen LogP contribution < -0.4 is 16.0 Å². The largest absolute Gasteiger partial charge is 0.350 e. The van der Waals surface area contributed by atoms with Gasteiger partial charge in [-0.05, 0) is 48.6 Å². The predicted octanol–water partition coefficient (Wildman–Crippen LogP) is 3.30. The molecular formula is C23H26ClN3O3. The Morgan fingerprint density at radius 1 is 1.00 bits per heavy atom. The van der Waals surface area contributed by atoms with E-state index in [9.17, 15) is 14.4 Å². The van der Waals surface area contributed by atoms with Gasteiger partial charge < -0.3 is 16.0 Å². The Kier molecular flexibility index (Phi) is 7.11. The Hall–Kier alpha value is -2.86. The summed E-state index contributed by atoms with van der Waals surface area (Å²) in [6.45, 7) is 4.03. The van der Waals surface area contributed by atoms with Gasteiger partial charge >= 0.3 is 0 Å². The maximum Gasteiger partial charge on any atom is 0.253 e. The van der Waals surface area contributed by atoms with Crippen molar-refractivity contribution >= 4 is 29.3 Å². The van der Waals surface area contributed by atoms with Crippen molar-refractivity contribution in [3.05, 3.63) is 70.2 Å². The molecule has 158 valence electrons. The van der Waals surface area contributed by atoms with Gasteiger partial charge in [0.05, 0.1) is 10.6 Å². The summed E-state index contributed by atoms with van der Waals surface area (Å²) in [5.41, 5.74) is 1.80. The van der Waals surface area contributed by atoms with Crippen LogP contribution >= 0.6 is 11.6 Å². The molecule has 7 heteroatoms. The molecule has 1 aliphatic rings. The Morgan fingerprint density at radius 2 is 1.67 bits per heavy atom. The van der Waals surface area contributed by atoms with E-state index in [0.717, 1.165) is 18.4 Å². The molecule has 0 bridgehead atoms. The van der Waals surface area contributed by atoms with Crippen LogP contribution in [-0.4, -0.2) is 29.8 Å². The van der Waals surface area contributed by atoms with Crippen LogP contribution in [-0.2, 0) is 11.3 Å². The monoisotopic (exact) mass is 427 g/mol. The summed E-state index contributed by atoms with van der Waals surface area (Å²) in [5, 5.41) is 8.91. The molecule has 1 unspecified atom stereocenters. The summed E-state index contributed by atoms with van der Waals surface area (Å²) in [6, 6.07) is 13.5. The van der Waals surface area contributed by atoms with Gasteiger partial charge in [-0.25, -0.2) is 0 Å². The van der Waals surface area contributed by atoms with Crippen molar-refractivity contribution in [3.8, 4) is 0 Å². The van der Waals surface area contributed by atoms with Gasteiger partial charge in [0.2, 0.25) is 5.91 Å². The Labute approximate surface area is 181 Å². The van der Waals surface area contributed by atoms with Crippen LogP contribution in [0.15, 0.2) is 48.5 Å². The Balaban J connectivity index is 1.56. The number of benzene rings is 2. The topological polar surface area (TPSA) is 87.3 Å². The number of halogens is 1. The summed E-state index contributed by atoms with van der Waals surface area (Å²) in [7, 11) is 0. The second-order valence-electron chi connectivity index (χ2n) is 7.84. The van der Waals surface area contributed by atoms with E-state index in [0.29, 0.717) is 28.7 Å². The summed E-state index contributed by atoms with van der Waals surface area (Å²) in [6.07, 6.45) is 2.08. The minimum atomic E-state index is -0.697. The number of rotatable bonds is 8. The summed E-state index contributed by atoms with van der Waals surface area (Å²) < 4.78 is 0. The van der Waals surface area contributed by atoms with Crippen molar-refractivity contribution < 1.29 is 14.4 Å². The second kappa shape index (κ2) is 9.76. The molecule has 6 nitrogen and oxygen atoms in total. The molecule has 0 heterocycles. The van der Waals surface area contributed by atoms with Crippen LogP contribution in [0.4, 0.5) is 0 Å². The molecule has 3 amide bonds. The lowest BCUT2D eigenvalue weighted by molar-refractivity contribution is -0.124. The van der Waals surface area contributed by atoms with Crippen LogP contribution in [0.5, 0.6) is 0 Å². The van der Waals surface area contributed by atoms with Gasteiger partial charge in [-0.15, -0.1) is 0 Å². The van der Waals surface area contributed by atoms with E-state index in [1.165, 1.54) is 0 Å². The number of carbonyl (C=O) groups excluding carboxylic acids is 3. The fraction of sp³-hybridized carbons (Fsp3) is 0.348. The molecule has 3 rings (SSSR count). The molecule has 1 aliphatic carbocycles. The quantitative estimate of drug-likeness (QED) is 0.604. The molecule has 1 atom stereocenters. The van der Waals surface area contributed by atoms with Crippen LogP contribution in [0.1, 0.15) is 53.0 Å². The predicted molar refractivity (Wildman–Crippen MR) is 116 cm³/mol. The van der Waals surface area contributed by atoms with Crippen molar-refractivity contribution in [3.63, 3.8) is 0 Å². The zero-order valence-electron chi connectivity index (χ0n) is 17.1. The Bertz CT molecular complexity index is 924. The SMILES string of the molecule is CC(C)C(NC(=O)c1ccccc1Cl)C(=O)NCc1ccc(C(=O)NC2CC2)cc1. The second-order valence-corrected chi connectivity index (χ2v) is 8.24. The number of carbonyl (C=O) groups is 3. The van der Waals surface area contributed by atoms with E-state index in [-0.39, 0.29) is 23.6 Å². The van der Waals surface area contributed by atoms with Gasteiger partial charge in [0.25, 0.3) is 11.8 Å². The van der Waals surface area contributed by atoms with Crippen LogP contribution in [0.3, 0.4) is 0 Å². The van der Waals surface area contributed by atoms with E-state index in [4.69, 9.17) is 11.6 Å². The molecule has 1 saturated carbocycles. The minimum Gasteiger partial charge on any atom is -0.350 e. The van der Waals surface area contributed by atoms with E-state index in [2.05, 4.69) is 16.0 Å². The number of hydrogen-bond acceptors (Lipinski definition) is 3. The van der Waals surface area contributed by atoms with E-state index < -0.39 is 6.04 Å². The first-order valence-electron chi connectivity index (χ1n) is 10.1. The third-order valence-corrected chi connectivity index (χ3v) is 5.28. The van der Waals surface area contributed by atoms with Crippen molar-refractivity contribution in [2.24, 2.45) is 5.92 Å². The molecule has 0 radical (unpaired) electrons. The zero-order valence-corrected chi connectivity index (χ0v) is 17.8. The van der Waals surface area contributed by atoms with Crippen molar-refractivity contribution in [2.45, 2.75) is 45.3 Å². The van der Waals surface area contributed by atoms with Gasteiger partial charge in [0.15, 0.2) is 0 Å². The average Bonchev–Trinajstić information content (AvgIpc) is 3.54. The van der Waals surface area contributed by atoms with Crippen molar-refractivity contribution in [1.82, 2.24) is 16.0 Å². The van der Waals surface area contributed by atoms with Gasteiger partial charge in [-0.3, -0.25) is 14.4 Å². The lowest BCUT2D eigenvalue weighted by Gasteiger charge is -2.22. The highest BCUT2D eigenvalue weighted by molar-refractivity contribution is 6.33. The van der Waals surface area contributed by atoms with Gasteiger partial charge in [0, 0.05) is 18.2 Å². The van der Waals surface area contributed by atoms with Crippen LogP contribution in [0.2, 0.25) is 5.02 Å². The standard InChI is InChI=1S/C23H26ClN3O3/c1-14(2)20(27-22(29)18-5-3-4-6-19(18)24)23(30)25-13-15-7-9-16(10-8-15)21(28)26-17-11-12-17/h3-10,14,17,20H,11-13H2,1-2H3,(H,25,30)(H,26,28)(H,27,29). The van der Waals surface area contributed by atoms with Gasteiger partial charge in [-0.1, -0.05) is 49.7 Å². The summed E-state index contributed by atoms with van der Waals surface area (Å²) in [4.78, 5) is 37.3. The highest BCUT2D eigenvalue weighted by atomic mass is 35.5. The smallest absolute Gasteiger partial charge is 0.253 e. The van der Waals surface area contributed by atoms with Gasteiger partial charge in [-0.2, -0.15) is 0 Å². The molecule has 2 aromatic rings. The molecule has 2 aromatic carbocycles.